The third-order valence-corrected chi connectivity index (χ3v) is 7.11. The summed E-state index contributed by atoms with van der Waals surface area (Å²) in [6, 6.07) is 18.9. The van der Waals surface area contributed by atoms with Gasteiger partial charge in [0.25, 0.3) is 10.0 Å². The quantitative estimate of drug-likeness (QED) is 0.395. The van der Waals surface area contributed by atoms with Crippen molar-refractivity contribution in [2.45, 2.75) is 23.1 Å². The van der Waals surface area contributed by atoms with Gasteiger partial charge in [0.1, 0.15) is 11.5 Å². The Labute approximate surface area is 198 Å². The van der Waals surface area contributed by atoms with Crippen molar-refractivity contribution in [3.63, 3.8) is 0 Å². The van der Waals surface area contributed by atoms with Crippen molar-refractivity contribution in [2.75, 3.05) is 30.0 Å². The number of sulfonamides is 1. The van der Waals surface area contributed by atoms with Crippen molar-refractivity contribution in [2.24, 2.45) is 0 Å². The van der Waals surface area contributed by atoms with Crippen LogP contribution in [-0.2, 0) is 14.8 Å². The van der Waals surface area contributed by atoms with Gasteiger partial charge in [-0.15, -0.1) is 11.8 Å². The average Bonchev–Trinajstić information content (AvgIpc) is 2.80. The van der Waals surface area contributed by atoms with Gasteiger partial charge in [-0.05, 0) is 61.5 Å². The van der Waals surface area contributed by atoms with E-state index < -0.39 is 10.0 Å². The molecular weight excluding hydrogens is 460 g/mol. The molecule has 3 aromatic carbocycles. The van der Waals surface area contributed by atoms with Crippen molar-refractivity contribution < 1.29 is 22.7 Å². The van der Waals surface area contributed by atoms with Gasteiger partial charge in [0.15, 0.2) is 0 Å². The number of thioether (sulfide) groups is 1. The lowest BCUT2D eigenvalue weighted by atomic mass is 10.2. The first-order valence-corrected chi connectivity index (χ1v) is 12.6. The molecule has 174 valence electrons. The number of aryl methyl sites for hydroxylation is 1. The van der Waals surface area contributed by atoms with Gasteiger partial charge in [-0.25, -0.2) is 8.42 Å². The van der Waals surface area contributed by atoms with Crippen molar-refractivity contribution in [3.8, 4) is 11.5 Å². The van der Waals surface area contributed by atoms with Gasteiger partial charge < -0.3 is 14.8 Å². The highest BCUT2D eigenvalue weighted by atomic mass is 32.2. The standard InChI is InChI=1S/C24H26N2O5S2/c1-17-4-10-20(11-5-17)32-15-14-24(27)25-22-16-21(12-13-23(22)31-3)33(28,29)26-18-6-8-19(30-2)9-7-18/h4-13,16,26H,14-15H2,1-3H3,(H,25,27). The highest BCUT2D eigenvalue weighted by molar-refractivity contribution is 7.99. The van der Waals surface area contributed by atoms with Gasteiger partial charge in [0, 0.05) is 22.8 Å². The molecule has 0 saturated carbocycles. The van der Waals surface area contributed by atoms with Gasteiger partial charge in [-0.1, -0.05) is 17.7 Å². The second kappa shape index (κ2) is 11.1. The molecule has 3 rings (SSSR count). The maximum absolute atomic E-state index is 12.8. The number of hydrogen-bond donors (Lipinski definition) is 2. The van der Waals surface area contributed by atoms with Crippen molar-refractivity contribution in [1.82, 2.24) is 0 Å². The Morgan fingerprint density at radius 2 is 1.64 bits per heavy atom. The van der Waals surface area contributed by atoms with E-state index in [1.54, 1.807) is 36.0 Å². The number of ether oxygens (including phenoxy) is 2. The van der Waals surface area contributed by atoms with E-state index >= 15 is 0 Å². The summed E-state index contributed by atoms with van der Waals surface area (Å²) in [5.41, 5.74) is 1.87. The molecule has 0 aliphatic heterocycles. The maximum atomic E-state index is 12.8. The van der Waals surface area contributed by atoms with Crippen LogP contribution in [0.25, 0.3) is 0 Å². The van der Waals surface area contributed by atoms with E-state index in [9.17, 15) is 13.2 Å². The third kappa shape index (κ3) is 6.90. The van der Waals surface area contributed by atoms with E-state index in [4.69, 9.17) is 9.47 Å². The molecule has 1 amide bonds. The van der Waals surface area contributed by atoms with Crippen molar-refractivity contribution in [1.29, 1.82) is 0 Å². The first-order valence-electron chi connectivity index (χ1n) is 10.1. The Kier molecular flexibility index (Phi) is 8.24. The summed E-state index contributed by atoms with van der Waals surface area (Å²) in [6.45, 7) is 2.02. The lowest BCUT2D eigenvalue weighted by Gasteiger charge is -2.14. The van der Waals surface area contributed by atoms with Gasteiger partial charge in [0.2, 0.25) is 5.91 Å². The third-order valence-electron chi connectivity index (χ3n) is 4.72. The Bertz CT molecular complexity index is 1190. The zero-order chi connectivity index (χ0) is 23.8. The fourth-order valence-corrected chi connectivity index (χ4v) is 4.87. The topological polar surface area (TPSA) is 93.7 Å². The molecule has 0 bridgehead atoms. The molecule has 0 saturated heterocycles. The highest BCUT2D eigenvalue weighted by Gasteiger charge is 2.18. The number of methoxy groups -OCH3 is 2. The monoisotopic (exact) mass is 486 g/mol. The number of carbonyl (C=O) groups is 1. The fraction of sp³-hybridized carbons (Fsp3) is 0.208. The molecule has 0 heterocycles. The lowest BCUT2D eigenvalue weighted by molar-refractivity contribution is -0.115. The second-order valence-corrected chi connectivity index (χ2v) is 10.0. The molecule has 9 heteroatoms. The second-order valence-electron chi connectivity index (χ2n) is 7.16. The maximum Gasteiger partial charge on any atom is 0.261 e. The van der Waals surface area contributed by atoms with Crippen LogP contribution in [0.1, 0.15) is 12.0 Å². The van der Waals surface area contributed by atoms with E-state index in [0.29, 0.717) is 28.6 Å². The van der Waals surface area contributed by atoms with Crippen LogP contribution in [0.5, 0.6) is 11.5 Å². The molecule has 2 N–H and O–H groups in total. The van der Waals surface area contributed by atoms with Crippen LogP contribution in [0.3, 0.4) is 0 Å². The van der Waals surface area contributed by atoms with Crippen molar-refractivity contribution in [3.05, 3.63) is 72.3 Å². The number of rotatable bonds is 10. The molecule has 0 unspecified atom stereocenters. The minimum absolute atomic E-state index is 0.00319. The minimum atomic E-state index is -3.87. The van der Waals surface area contributed by atoms with Crippen LogP contribution in [-0.4, -0.2) is 34.3 Å². The molecule has 33 heavy (non-hydrogen) atoms. The van der Waals surface area contributed by atoms with Crippen LogP contribution >= 0.6 is 11.8 Å². The molecule has 0 radical (unpaired) electrons. The summed E-state index contributed by atoms with van der Waals surface area (Å²) < 4.78 is 38.6. The summed E-state index contributed by atoms with van der Waals surface area (Å²) in [5, 5.41) is 2.76. The molecule has 0 aliphatic rings. The first kappa shape index (κ1) is 24.5. The summed E-state index contributed by atoms with van der Waals surface area (Å²) >= 11 is 1.58. The Morgan fingerprint density at radius 1 is 0.939 bits per heavy atom. The van der Waals surface area contributed by atoms with Gasteiger partial charge in [-0.3, -0.25) is 9.52 Å². The zero-order valence-corrected chi connectivity index (χ0v) is 20.3. The Balaban J connectivity index is 1.67. The molecule has 0 atom stereocenters. The largest absolute Gasteiger partial charge is 0.497 e. The average molecular weight is 487 g/mol. The summed E-state index contributed by atoms with van der Waals surface area (Å²) in [4.78, 5) is 13.6. The molecule has 0 fully saturated rings. The molecule has 3 aromatic rings. The van der Waals surface area contributed by atoms with Crippen LogP contribution in [0.4, 0.5) is 11.4 Å². The Morgan fingerprint density at radius 3 is 2.27 bits per heavy atom. The van der Waals surface area contributed by atoms with Crippen molar-refractivity contribution >= 4 is 39.1 Å². The highest BCUT2D eigenvalue weighted by Crippen LogP contribution is 2.29. The van der Waals surface area contributed by atoms with Crippen LogP contribution in [0, 0.1) is 6.92 Å². The van der Waals surface area contributed by atoms with Crippen LogP contribution in [0.2, 0.25) is 0 Å². The van der Waals surface area contributed by atoms with Gasteiger partial charge in [0.05, 0.1) is 24.8 Å². The molecular formula is C24H26N2O5S2. The Hall–Kier alpha value is -3.17. The molecule has 0 spiro atoms. The lowest BCUT2D eigenvalue weighted by Crippen LogP contribution is -2.16. The molecule has 7 nitrogen and oxygen atoms in total. The normalized spacial score (nSPS) is 11.0. The van der Waals surface area contributed by atoms with Gasteiger partial charge >= 0.3 is 0 Å². The number of carbonyl (C=O) groups excluding carboxylic acids is 1. The van der Waals surface area contributed by atoms with E-state index in [-0.39, 0.29) is 17.2 Å². The fourth-order valence-electron chi connectivity index (χ4n) is 2.93. The summed E-state index contributed by atoms with van der Waals surface area (Å²) in [7, 11) is -0.879. The van der Waals surface area contributed by atoms with E-state index in [1.807, 2.05) is 31.2 Å². The van der Waals surface area contributed by atoms with Crippen LogP contribution in [0.15, 0.2) is 76.5 Å². The first-order chi connectivity index (χ1) is 15.8. The summed E-state index contributed by atoms with van der Waals surface area (Å²) in [6.07, 6.45) is 0.267. The van der Waals surface area contributed by atoms with Crippen LogP contribution < -0.4 is 19.5 Å². The number of hydrogen-bond acceptors (Lipinski definition) is 6. The predicted octanol–water partition coefficient (Wildman–Crippen LogP) is 4.93. The minimum Gasteiger partial charge on any atom is -0.497 e. The number of benzene rings is 3. The van der Waals surface area contributed by atoms with Gasteiger partial charge in [-0.2, -0.15) is 0 Å². The van der Waals surface area contributed by atoms with E-state index in [2.05, 4.69) is 10.0 Å². The zero-order valence-electron chi connectivity index (χ0n) is 18.6. The van der Waals surface area contributed by atoms with E-state index in [1.165, 1.54) is 38.0 Å². The number of amides is 1. The predicted molar refractivity (Wildman–Crippen MR) is 132 cm³/mol. The summed E-state index contributed by atoms with van der Waals surface area (Å²) in [5.74, 6) is 1.35. The SMILES string of the molecule is COc1ccc(NS(=O)(=O)c2ccc(OC)c(NC(=O)CCSc3ccc(C)cc3)c2)cc1. The number of nitrogens with one attached hydrogen (secondary N) is 2. The van der Waals surface area contributed by atoms with E-state index in [0.717, 1.165) is 4.90 Å². The number of anilines is 2. The molecule has 0 aliphatic carbocycles. The smallest absolute Gasteiger partial charge is 0.261 e. The molecule has 0 aromatic heterocycles.